The SMILES string of the molecule is COC(=O)c1cc(Sc2ccccc2OC)c(F)cc1N. The maximum absolute atomic E-state index is 14.0. The van der Waals surface area contributed by atoms with Crippen molar-refractivity contribution in [3.63, 3.8) is 0 Å². The molecule has 2 rings (SSSR count). The zero-order valence-electron chi connectivity index (χ0n) is 11.6. The van der Waals surface area contributed by atoms with Gasteiger partial charge in [-0.15, -0.1) is 0 Å². The van der Waals surface area contributed by atoms with E-state index in [9.17, 15) is 9.18 Å². The number of halogens is 1. The molecule has 0 saturated heterocycles. The Kier molecular flexibility index (Phi) is 4.70. The number of benzene rings is 2. The molecule has 0 aliphatic heterocycles. The topological polar surface area (TPSA) is 61.5 Å². The first kappa shape index (κ1) is 15.2. The largest absolute Gasteiger partial charge is 0.496 e. The molecule has 0 saturated carbocycles. The number of hydrogen-bond acceptors (Lipinski definition) is 5. The molecule has 0 spiro atoms. The highest BCUT2D eigenvalue weighted by Gasteiger charge is 2.16. The van der Waals surface area contributed by atoms with Crippen LogP contribution in [0.4, 0.5) is 10.1 Å². The van der Waals surface area contributed by atoms with Gasteiger partial charge in [0.2, 0.25) is 0 Å². The minimum Gasteiger partial charge on any atom is -0.496 e. The molecule has 0 aliphatic rings. The Morgan fingerprint density at radius 3 is 2.57 bits per heavy atom. The van der Waals surface area contributed by atoms with E-state index in [1.807, 2.05) is 12.1 Å². The lowest BCUT2D eigenvalue weighted by atomic mass is 10.2. The highest BCUT2D eigenvalue weighted by Crippen LogP contribution is 2.37. The quantitative estimate of drug-likeness (QED) is 0.693. The maximum Gasteiger partial charge on any atom is 0.339 e. The highest BCUT2D eigenvalue weighted by atomic mass is 32.2. The normalized spacial score (nSPS) is 10.2. The monoisotopic (exact) mass is 307 g/mol. The summed E-state index contributed by atoms with van der Waals surface area (Å²) in [5.74, 6) is -0.483. The molecule has 0 radical (unpaired) electrons. The van der Waals surface area contributed by atoms with Crippen molar-refractivity contribution in [1.29, 1.82) is 0 Å². The van der Waals surface area contributed by atoms with Crippen LogP contribution in [-0.4, -0.2) is 20.2 Å². The summed E-state index contributed by atoms with van der Waals surface area (Å²) in [6.45, 7) is 0. The molecule has 0 amide bonds. The molecular weight excluding hydrogens is 293 g/mol. The zero-order chi connectivity index (χ0) is 15.4. The van der Waals surface area contributed by atoms with E-state index in [2.05, 4.69) is 4.74 Å². The van der Waals surface area contributed by atoms with Gasteiger partial charge in [-0.05, 0) is 24.3 Å². The number of nitrogen functional groups attached to an aromatic ring is 1. The second-order valence-electron chi connectivity index (χ2n) is 4.11. The highest BCUT2D eigenvalue weighted by molar-refractivity contribution is 7.99. The molecular formula is C15H14FNO3S. The molecule has 0 heterocycles. The van der Waals surface area contributed by atoms with E-state index in [4.69, 9.17) is 10.5 Å². The summed E-state index contributed by atoms with van der Waals surface area (Å²) >= 11 is 1.15. The van der Waals surface area contributed by atoms with Gasteiger partial charge >= 0.3 is 5.97 Å². The average molecular weight is 307 g/mol. The van der Waals surface area contributed by atoms with Crippen LogP contribution in [0, 0.1) is 5.82 Å². The number of ether oxygens (including phenoxy) is 2. The fourth-order valence-electron chi connectivity index (χ4n) is 1.76. The van der Waals surface area contributed by atoms with Crippen LogP contribution < -0.4 is 10.5 Å². The lowest BCUT2D eigenvalue weighted by molar-refractivity contribution is 0.0601. The van der Waals surface area contributed by atoms with Crippen molar-refractivity contribution in [1.82, 2.24) is 0 Å². The van der Waals surface area contributed by atoms with Crippen LogP contribution in [0.5, 0.6) is 5.75 Å². The van der Waals surface area contributed by atoms with E-state index in [0.29, 0.717) is 5.75 Å². The van der Waals surface area contributed by atoms with Crippen LogP contribution in [-0.2, 0) is 4.74 Å². The third kappa shape index (κ3) is 3.28. The summed E-state index contributed by atoms with van der Waals surface area (Å²) in [5.41, 5.74) is 5.82. The minimum absolute atomic E-state index is 0.0451. The first-order valence-electron chi connectivity index (χ1n) is 6.05. The molecule has 2 aromatic carbocycles. The van der Waals surface area contributed by atoms with Gasteiger partial charge in [-0.2, -0.15) is 0 Å². The number of hydrogen-bond donors (Lipinski definition) is 1. The van der Waals surface area contributed by atoms with E-state index in [0.717, 1.165) is 22.7 Å². The zero-order valence-corrected chi connectivity index (χ0v) is 12.4. The Morgan fingerprint density at radius 1 is 1.19 bits per heavy atom. The molecule has 0 bridgehead atoms. The summed E-state index contributed by atoms with van der Waals surface area (Å²) in [6.07, 6.45) is 0. The predicted octanol–water partition coefficient (Wildman–Crippen LogP) is 3.35. The van der Waals surface area contributed by atoms with Gasteiger partial charge in [0.05, 0.1) is 24.7 Å². The molecule has 0 atom stereocenters. The van der Waals surface area contributed by atoms with Crippen molar-refractivity contribution in [2.45, 2.75) is 9.79 Å². The van der Waals surface area contributed by atoms with Crippen LogP contribution in [0.25, 0.3) is 0 Å². The first-order chi connectivity index (χ1) is 10.1. The van der Waals surface area contributed by atoms with Gasteiger partial charge in [0.1, 0.15) is 11.6 Å². The second-order valence-corrected chi connectivity index (χ2v) is 5.20. The summed E-state index contributed by atoms with van der Waals surface area (Å²) in [5, 5.41) is 0. The van der Waals surface area contributed by atoms with Gasteiger partial charge < -0.3 is 15.2 Å². The van der Waals surface area contributed by atoms with E-state index in [1.165, 1.54) is 13.2 Å². The Bertz CT molecular complexity index is 676. The van der Waals surface area contributed by atoms with Gasteiger partial charge in [0, 0.05) is 10.6 Å². The lowest BCUT2D eigenvalue weighted by Gasteiger charge is -2.10. The number of para-hydroxylation sites is 1. The Hall–Kier alpha value is -2.21. The summed E-state index contributed by atoms with van der Waals surface area (Å²) in [7, 11) is 2.79. The van der Waals surface area contributed by atoms with Gasteiger partial charge in [-0.3, -0.25) is 0 Å². The smallest absolute Gasteiger partial charge is 0.339 e. The molecule has 0 unspecified atom stereocenters. The van der Waals surface area contributed by atoms with Crippen LogP contribution in [0.2, 0.25) is 0 Å². The van der Waals surface area contributed by atoms with Gasteiger partial charge in [0.15, 0.2) is 0 Å². The molecule has 2 aromatic rings. The molecule has 21 heavy (non-hydrogen) atoms. The molecule has 0 aliphatic carbocycles. The van der Waals surface area contributed by atoms with Crippen LogP contribution in [0.1, 0.15) is 10.4 Å². The van der Waals surface area contributed by atoms with E-state index in [-0.39, 0.29) is 16.1 Å². The van der Waals surface area contributed by atoms with Crippen molar-refractivity contribution < 1.29 is 18.7 Å². The molecule has 0 fully saturated rings. The van der Waals surface area contributed by atoms with Crippen molar-refractivity contribution in [3.05, 3.63) is 47.8 Å². The summed E-state index contributed by atoms with van der Waals surface area (Å²) in [4.78, 5) is 12.6. The van der Waals surface area contributed by atoms with Crippen molar-refractivity contribution in [2.24, 2.45) is 0 Å². The number of methoxy groups -OCH3 is 2. The Labute approximate surface area is 126 Å². The number of nitrogens with two attached hydrogens (primary N) is 1. The predicted molar refractivity (Wildman–Crippen MR) is 79.3 cm³/mol. The van der Waals surface area contributed by atoms with Crippen molar-refractivity contribution in [3.8, 4) is 5.75 Å². The molecule has 0 aromatic heterocycles. The van der Waals surface area contributed by atoms with E-state index in [1.54, 1.807) is 19.2 Å². The van der Waals surface area contributed by atoms with Crippen molar-refractivity contribution in [2.75, 3.05) is 20.0 Å². The number of rotatable bonds is 4. The summed E-state index contributed by atoms with van der Waals surface area (Å²) < 4.78 is 23.9. The standard InChI is InChI=1S/C15H14FNO3S/c1-19-12-5-3-4-6-13(12)21-14-7-9(15(18)20-2)11(17)8-10(14)16/h3-8H,17H2,1-2H3. The summed E-state index contributed by atoms with van der Waals surface area (Å²) in [6, 6.07) is 9.72. The number of anilines is 1. The minimum atomic E-state index is -0.602. The Morgan fingerprint density at radius 2 is 1.90 bits per heavy atom. The third-order valence-corrected chi connectivity index (χ3v) is 3.89. The van der Waals surface area contributed by atoms with Crippen molar-refractivity contribution >= 4 is 23.4 Å². The third-order valence-electron chi connectivity index (χ3n) is 2.80. The van der Waals surface area contributed by atoms with E-state index < -0.39 is 11.8 Å². The van der Waals surface area contributed by atoms with Gasteiger partial charge in [0.25, 0.3) is 0 Å². The molecule has 2 N–H and O–H groups in total. The van der Waals surface area contributed by atoms with E-state index >= 15 is 0 Å². The maximum atomic E-state index is 14.0. The molecule has 4 nitrogen and oxygen atoms in total. The van der Waals surface area contributed by atoms with Crippen LogP contribution in [0.3, 0.4) is 0 Å². The first-order valence-corrected chi connectivity index (χ1v) is 6.86. The molecule has 110 valence electrons. The molecule has 6 heteroatoms. The van der Waals surface area contributed by atoms with Gasteiger partial charge in [-0.1, -0.05) is 23.9 Å². The number of esters is 1. The second kappa shape index (κ2) is 6.49. The fourth-order valence-corrected chi connectivity index (χ4v) is 2.72. The lowest BCUT2D eigenvalue weighted by Crippen LogP contribution is -2.06. The van der Waals surface area contributed by atoms with Crippen LogP contribution >= 0.6 is 11.8 Å². The van der Waals surface area contributed by atoms with Gasteiger partial charge in [-0.25, -0.2) is 9.18 Å². The fraction of sp³-hybridized carbons (Fsp3) is 0.133. The Balaban J connectivity index is 2.42. The average Bonchev–Trinajstić information content (AvgIpc) is 2.49. The number of carbonyl (C=O) groups is 1. The number of carbonyl (C=O) groups excluding carboxylic acids is 1. The van der Waals surface area contributed by atoms with Crippen LogP contribution in [0.15, 0.2) is 46.2 Å².